The van der Waals surface area contributed by atoms with E-state index in [1.807, 2.05) is 0 Å². The predicted molar refractivity (Wildman–Crippen MR) is 41.5 cm³/mol. The lowest BCUT2D eigenvalue weighted by Crippen LogP contribution is -2.45. The normalized spacial score (nSPS) is 27.5. The Labute approximate surface area is 74.3 Å². The van der Waals surface area contributed by atoms with Crippen molar-refractivity contribution in [2.75, 3.05) is 6.54 Å². The lowest BCUT2D eigenvalue weighted by molar-refractivity contribution is -0.141. The molecule has 1 aliphatic rings. The van der Waals surface area contributed by atoms with Crippen molar-refractivity contribution in [3.05, 3.63) is 0 Å². The number of aliphatic carboxylic acids is 1. The van der Waals surface area contributed by atoms with Gasteiger partial charge in [-0.05, 0) is 6.82 Å². The summed E-state index contributed by atoms with van der Waals surface area (Å²) in [6.07, 6.45) is -0.729. The molecule has 0 bridgehead atoms. The molecule has 1 fully saturated rings. The van der Waals surface area contributed by atoms with Crippen LogP contribution in [0.5, 0.6) is 0 Å². The van der Waals surface area contributed by atoms with Crippen molar-refractivity contribution < 1.29 is 23.7 Å². The van der Waals surface area contributed by atoms with Crippen molar-refractivity contribution in [2.45, 2.75) is 25.2 Å². The van der Waals surface area contributed by atoms with Crippen LogP contribution in [0.4, 0.5) is 8.78 Å². The molecule has 0 aromatic heterocycles. The van der Waals surface area contributed by atoms with Crippen LogP contribution in [-0.4, -0.2) is 46.5 Å². The number of hydrogen-bond acceptors (Lipinski definition) is 3. The Hall–Kier alpha value is -0.685. The second-order valence-electron chi connectivity index (χ2n) is 3.22. The Balaban J connectivity index is 2.77. The van der Waals surface area contributed by atoms with E-state index in [0.29, 0.717) is 0 Å². The van der Waals surface area contributed by atoms with E-state index in [2.05, 4.69) is 0 Å². The lowest BCUT2D eigenvalue weighted by atomic mass is 9.84. The van der Waals surface area contributed by atoms with Crippen molar-refractivity contribution in [3.63, 3.8) is 0 Å². The third-order valence-electron chi connectivity index (χ3n) is 2.07. The zero-order chi connectivity index (χ0) is 10.2. The summed E-state index contributed by atoms with van der Waals surface area (Å²) in [5, 5.41) is 17.6. The summed E-state index contributed by atoms with van der Waals surface area (Å²) in [5.74, 6) is -4.34. The number of nitrogens with zero attached hydrogens (tertiary/aromatic N) is 1. The van der Waals surface area contributed by atoms with Crippen LogP contribution in [0, 0.1) is 0 Å². The van der Waals surface area contributed by atoms with Gasteiger partial charge in [0.25, 0.3) is 5.92 Å². The van der Waals surface area contributed by atoms with Gasteiger partial charge in [-0.25, -0.2) is 8.78 Å². The van der Waals surface area contributed by atoms with Crippen molar-refractivity contribution in [1.82, 2.24) is 4.81 Å². The standard InChI is InChI=1S/C6H10BF2NO3/c1-7(13)10-3-6(8,9)2-4(10)5(11)12/h4,13H,2-3H2,1H3,(H,11,12)/t4-/m0/s1. The first-order valence-electron chi connectivity index (χ1n) is 3.88. The van der Waals surface area contributed by atoms with Gasteiger partial charge in [-0.1, -0.05) is 0 Å². The maximum absolute atomic E-state index is 12.7. The fourth-order valence-corrected chi connectivity index (χ4v) is 1.46. The highest BCUT2D eigenvalue weighted by molar-refractivity contribution is 6.45. The number of carboxylic acids is 1. The third kappa shape index (κ3) is 2.16. The molecule has 1 aliphatic heterocycles. The Morgan fingerprint density at radius 3 is 2.54 bits per heavy atom. The van der Waals surface area contributed by atoms with Crippen LogP contribution >= 0.6 is 0 Å². The summed E-state index contributed by atoms with van der Waals surface area (Å²) in [4.78, 5) is 11.4. The molecule has 13 heavy (non-hydrogen) atoms. The van der Waals surface area contributed by atoms with Gasteiger partial charge >= 0.3 is 13.0 Å². The molecule has 1 rings (SSSR count). The second kappa shape index (κ2) is 3.23. The maximum atomic E-state index is 12.7. The van der Waals surface area contributed by atoms with Gasteiger partial charge in [0, 0.05) is 6.42 Å². The number of halogens is 2. The predicted octanol–water partition coefficient (Wildman–Crippen LogP) is -0.109. The number of carboxylic acid groups (broad SMARTS) is 1. The monoisotopic (exact) mass is 193 g/mol. The van der Waals surface area contributed by atoms with Crippen molar-refractivity contribution in [3.8, 4) is 0 Å². The minimum Gasteiger partial charge on any atom is -0.480 e. The molecule has 0 radical (unpaired) electrons. The number of rotatable bonds is 2. The Morgan fingerprint density at radius 2 is 2.23 bits per heavy atom. The minimum atomic E-state index is -3.01. The van der Waals surface area contributed by atoms with Gasteiger partial charge < -0.3 is 10.1 Å². The molecule has 0 spiro atoms. The molecule has 1 atom stereocenters. The highest BCUT2D eigenvalue weighted by Gasteiger charge is 2.50. The van der Waals surface area contributed by atoms with Crippen LogP contribution in [0.3, 0.4) is 0 Å². The first-order chi connectivity index (χ1) is 5.83. The number of carbonyl (C=O) groups is 1. The molecule has 2 N–H and O–H groups in total. The molecule has 1 heterocycles. The molecular formula is C6H10BF2NO3. The Bertz CT molecular complexity index is 224. The quantitative estimate of drug-likeness (QED) is 0.600. The van der Waals surface area contributed by atoms with E-state index >= 15 is 0 Å². The van der Waals surface area contributed by atoms with Crippen LogP contribution in [-0.2, 0) is 4.79 Å². The summed E-state index contributed by atoms with van der Waals surface area (Å²) >= 11 is 0. The van der Waals surface area contributed by atoms with Crippen molar-refractivity contribution in [2.24, 2.45) is 0 Å². The summed E-state index contributed by atoms with van der Waals surface area (Å²) < 4.78 is 25.5. The van der Waals surface area contributed by atoms with E-state index in [0.717, 1.165) is 4.81 Å². The van der Waals surface area contributed by atoms with Crippen LogP contribution in [0.2, 0.25) is 6.82 Å². The van der Waals surface area contributed by atoms with E-state index < -0.39 is 37.9 Å². The van der Waals surface area contributed by atoms with E-state index in [1.54, 1.807) is 0 Å². The highest BCUT2D eigenvalue weighted by Crippen LogP contribution is 2.32. The van der Waals surface area contributed by atoms with E-state index in [1.165, 1.54) is 6.82 Å². The molecule has 4 nitrogen and oxygen atoms in total. The van der Waals surface area contributed by atoms with Crippen LogP contribution in [0.15, 0.2) is 0 Å². The zero-order valence-electron chi connectivity index (χ0n) is 7.07. The zero-order valence-corrected chi connectivity index (χ0v) is 7.07. The van der Waals surface area contributed by atoms with E-state index in [9.17, 15) is 13.6 Å². The van der Waals surface area contributed by atoms with Crippen molar-refractivity contribution in [1.29, 1.82) is 0 Å². The third-order valence-corrected chi connectivity index (χ3v) is 2.07. The van der Waals surface area contributed by atoms with Gasteiger partial charge in [-0.15, -0.1) is 0 Å². The molecule has 1 saturated heterocycles. The summed E-state index contributed by atoms with van der Waals surface area (Å²) in [6, 6.07) is -1.28. The smallest absolute Gasteiger partial charge is 0.377 e. The second-order valence-corrected chi connectivity index (χ2v) is 3.22. The maximum Gasteiger partial charge on any atom is 0.377 e. The SMILES string of the molecule is CB(O)N1CC(F)(F)C[C@H]1C(=O)O. The molecule has 0 aromatic rings. The molecule has 0 saturated carbocycles. The van der Waals surface area contributed by atoms with Crippen LogP contribution < -0.4 is 0 Å². The lowest BCUT2D eigenvalue weighted by Gasteiger charge is -2.20. The topological polar surface area (TPSA) is 60.8 Å². The Morgan fingerprint density at radius 1 is 1.69 bits per heavy atom. The highest BCUT2D eigenvalue weighted by atomic mass is 19.3. The minimum absolute atomic E-state index is 0.693. The molecule has 0 aliphatic carbocycles. The Kier molecular flexibility index (Phi) is 2.58. The largest absolute Gasteiger partial charge is 0.480 e. The van der Waals surface area contributed by atoms with Gasteiger partial charge in [-0.3, -0.25) is 9.61 Å². The average molecular weight is 193 g/mol. The first-order valence-corrected chi connectivity index (χ1v) is 3.88. The van der Waals surface area contributed by atoms with Gasteiger partial charge in [0.2, 0.25) is 0 Å². The first kappa shape index (κ1) is 10.4. The number of alkyl halides is 2. The summed E-state index contributed by atoms with van der Waals surface area (Å²) in [5.41, 5.74) is 0. The molecule has 0 amide bonds. The number of hydrogen-bond donors (Lipinski definition) is 2. The molecular weight excluding hydrogens is 183 g/mol. The fraction of sp³-hybridized carbons (Fsp3) is 0.833. The van der Waals surface area contributed by atoms with Crippen molar-refractivity contribution >= 4 is 13.0 Å². The summed E-state index contributed by atoms with van der Waals surface area (Å²) in [7, 11) is -1.16. The summed E-state index contributed by atoms with van der Waals surface area (Å²) in [6.45, 7) is 0.582. The van der Waals surface area contributed by atoms with E-state index in [-0.39, 0.29) is 0 Å². The van der Waals surface area contributed by atoms with Crippen LogP contribution in [0.25, 0.3) is 0 Å². The van der Waals surface area contributed by atoms with Crippen LogP contribution in [0.1, 0.15) is 6.42 Å². The van der Waals surface area contributed by atoms with Gasteiger partial charge in [0.15, 0.2) is 0 Å². The average Bonchev–Trinajstić information content (AvgIpc) is 2.26. The molecule has 74 valence electrons. The van der Waals surface area contributed by atoms with Gasteiger partial charge in [0.05, 0.1) is 6.54 Å². The molecule has 7 heteroatoms. The molecule has 0 aromatic carbocycles. The fourth-order valence-electron chi connectivity index (χ4n) is 1.46. The van der Waals surface area contributed by atoms with Gasteiger partial charge in [0.1, 0.15) is 6.04 Å². The van der Waals surface area contributed by atoms with Gasteiger partial charge in [-0.2, -0.15) is 0 Å². The van der Waals surface area contributed by atoms with E-state index in [4.69, 9.17) is 10.1 Å². The molecule has 0 unspecified atom stereocenters.